The number of ether oxygens (including phenoxy) is 1. The van der Waals surface area contributed by atoms with E-state index in [2.05, 4.69) is 11.7 Å². The zero-order valence-electron chi connectivity index (χ0n) is 9.93. The van der Waals surface area contributed by atoms with Gasteiger partial charge in [-0.2, -0.15) is 11.8 Å². The van der Waals surface area contributed by atoms with Crippen LogP contribution in [0.2, 0.25) is 0 Å². The summed E-state index contributed by atoms with van der Waals surface area (Å²) in [5.74, 6) is 0.299. The molecule has 94 valence electrons. The number of nitrogens with zero attached hydrogens (tertiary/aromatic N) is 1. The number of carboxylic acid groups (broad SMARTS) is 1. The first-order valence-corrected chi connectivity index (χ1v) is 6.31. The molecule has 0 aromatic carbocycles. The zero-order valence-corrected chi connectivity index (χ0v) is 10.7. The fraction of sp³-hybridized carbons (Fsp3) is 0.800. The number of hydrogen-bond donors (Lipinski definition) is 1. The molecule has 0 radical (unpaired) electrons. The Balaban J connectivity index is 4.16. The van der Waals surface area contributed by atoms with Crippen molar-refractivity contribution in [3.8, 4) is 0 Å². The van der Waals surface area contributed by atoms with Gasteiger partial charge >= 0.3 is 12.1 Å². The Kier molecular flexibility index (Phi) is 7.80. The first kappa shape index (κ1) is 15.1. The van der Waals surface area contributed by atoms with Gasteiger partial charge in [0.05, 0.1) is 7.11 Å². The molecule has 1 amide bonds. The highest BCUT2D eigenvalue weighted by Crippen LogP contribution is 2.11. The van der Waals surface area contributed by atoms with E-state index in [-0.39, 0.29) is 0 Å². The molecule has 0 rings (SSSR count). The molecule has 5 nitrogen and oxygen atoms in total. The van der Waals surface area contributed by atoms with E-state index >= 15 is 0 Å². The molecule has 0 saturated carbocycles. The molecular weight excluding hydrogens is 230 g/mol. The number of thioether (sulfide) groups is 1. The molecule has 0 aliphatic heterocycles. The Bertz CT molecular complexity index is 235. The fourth-order valence-corrected chi connectivity index (χ4v) is 2.31. The lowest BCUT2D eigenvalue weighted by Crippen LogP contribution is -2.44. The summed E-state index contributed by atoms with van der Waals surface area (Å²) >= 11 is 1.54. The predicted molar refractivity (Wildman–Crippen MR) is 63.8 cm³/mol. The van der Waals surface area contributed by atoms with Crippen molar-refractivity contribution in [2.24, 2.45) is 0 Å². The van der Waals surface area contributed by atoms with Crippen molar-refractivity contribution < 1.29 is 19.4 Å². The van der Waals surface area contributed by atoms with Gasteiger partial charge in [0, 0.05) is 12.8 Å². The molecule has 1 N–H and O–H groups in total. The second-order valence-corrected chi connectivity index (χ2v) is 4.51. The predicted octanol–water partition coefficient (Wildman–Crippen LogP) is 1.67. The summed E-state index contributed by atoms with van der Waals surface area (Å²) in [6.07, 6.45) is 1.51. The molecule has 0 aliphatic rings. The van der Waals surface area contributed by atoms with Crippen molar-refractivity contribution in [1.82, 2.24) is 4.90 Å². The normalized spacial score (nSPS) is 11.9. The van der Waals surface area contributed by atoms with Crippen LogP contribution in [0.1, 0.15) is 19.8 Å². The van der Waals surface area contributed by atoms with E-state index in [0.717, 1.165) is 23.5 Å². The number of aliphatic carboxylic acids is 1. The van der Waals surface area contributed by atoms with Gasteiger partial charge in [-0.25, -0.2) is 9.59 Å². The van der Waals surface area contributed by atoms with Crippen molar-refractivity contribution in [1.29, 1.82) is 0 Å². The van der Waals surface area contributed by atoms with Crippen LogP contribution in [0, 0.1) is 0 Å². The average molecular weight is 249 g/mol. The van der Waals surface area contributed by atoms with E-state index in [1.54, 1.807) is 11.8 Å². The van der Waals surface area contributed by atoms with E-state index in [9.17, 15) is 9.59 Å². The summed E-state index contributed by atoms with van der Waals surface area (Å²) in [6.45, 7) is 2.08. The highest BCUT2D eigenvalue weighted by molar-refractivity contribution is 7.99. The lowest BCUT2D eigenvalue weighted by Gasteiger charge is -2.22. The van der Waals surface area contributed by atoms with Crippen molar-refractivity contribution >= 4 is 23.8 Å². The molecule has 0 aliphatic carbocycles. The van der Waals surface area contributed by atoms with Crippen LogP contribution in [0.4, 0.5) is 4.79 Å². The third-order valence-corrected chi connectivity index (χ3v) is 3.26. The van der Waals surface area contributed by atoms with Crippen LogP contribution in [0.25, 0.3) is 0 Å². The summed E-state index contributed by atoms with van der Waals surface area (Å²) in [5.41, 5.74) is 0. The lowest BCUT2D eigenvalue weighted by atomic mass is 10.3. The smallest absolute Gasteiger partial charge is 0.409 e. The van der Waals surface area contributed by atoms with Crippen LogP contribution in [0.15, 0.2) is 0 Å². The molecule has 6 heteroatoms. The fourth-order valence-electron chi connectivity index (χ4n) is 1.06. The SMILES string of the molecule is CCCCSC[C@H](C(=O)O)N(C)C(=O)OC. The Morgan fingerprint density at radius 3 is 2.56 bits per heavy atom. The van der Waals surface area contributed by atoms with Gasteiger partial charge in [0.15, 0.2) is 0 Å². The lowest BCUT2D eigenvalue weighted by molar-refractivity contribution is -0.141. The number of carbonyl (C=O) groups excluding carboxylic acids is 1. The van der Waals surface area contributed by atoms with Gasteiger partial charge in [0.1, 0.15) is 6.04 Å². The number of unbranched alkanes of at least 4 members (excludes halogenated alkanes) is 1. The maximum atomic E-state index is 11.2. The van der Waals surface area contributed by atoms with Crippen molar-refractivity contribution in [3.63, 3.8) is 0 Å². The molecule has 16 heavy (non-hydrogen) atoms. The minimum atomic E-state index is -1.00. The first-order chi connectivity index (χ1) is 7.54. The molecule has 1 atom stereocenters. The molecule has 0 heterocycles. The van der Waals surface area contributed by atoms with Crippen molar-refractivity contribution in [2.45, 2.75) is 25.8 Å². The molecule has 0 bridgehead atoms. The molecular formula is C10H19NO4S. The largest absolute Gasteiger partial charge is 0.480 e. The average Bonchev–Trinajstić information content (AvgIpc) is 2.26. The first-order valence-electron chi connectivity index (χ1n) is 5.15. The van der Waals surface area contributed by atoms with Crippen molar-refractivity contribution in [2.75, 3.05) is 25.7 Å². The van der Waals surface area contributed by atoms with Crippen LogP contribution in [-0.2, 0) is 9.53 Å². The molecule has 0 saturated heterocycles. The third kappa shape index (κ3) is 5.25. The van der Waals surface area contributed by atoms with Crippen LogP contribution in [0.5, 0.6) is 0 Å². The molecule has 0 unspecified atom stereocenters. The van der Waals surface area contributed by atoms with Crippen LogP contribution >= 0.6 is 11.8 Å². The van der Waals surface area contributed by atoms with Gasteiger partial charge in [-0.3, -0.25) is 4.90 Å². The Labute approximate surface area is 100 Å². The van der Waals surface area contributed by atoms with Crippen LogP contribution in [0.3, 0.4) is 0 Å². The van der Waals surface area contributed by atoms with Crippen LogP contribution in [-0.4, -0.2) is 53.8 Å². The number of hydrogen-bond acceptors (Lipinski definition) is 4. The quantitative estimate of drug-likeness (QED) is 0.695. The minimum Gasteiger partial charge on any atom is -0.480 e. The second-order valence-electron chi connectivity index (χ2n) is 3.36. The zero-order chi connectivity index (χ0) is 12.6. The van der Waals surface area contributed by atoms with Gasteiger partial charge < -0.3 is 9.84 Å². The highest BCUT2D eigenvalue weighted by atomic mass is 32.2. The van der Waals surface area contributed by atoms with Gasteiger partial charge in [0.25, 0.3) is 0 Å². The Morgan fingerprint density at radius 2 is 2.12 bits per heavy atom. The van der Waals surface area contributed by atoms with E-state index < -0.39 is 18.1 Å². The molecule has 0 fully saturated rings. The summed E-state index contributed by atoms with van der Waals surface area (Å²) in [5, 5.41) is 8.98. The monoisotopic (exact) mass is 249 g/mol. The summed E-state index contributed by atoms with van der Waals surface area (Å²) in [7, 11) is 2.67. The Morgan fingerprint density at radius 1 is 1.50 bits per heavy atom. The van der Waals surface area contributed by atoms with Gasteiger partial charge in [-0.05, 0) is 12.2 Å². The summed E-state index contributed by atoms with van der Waals surface area (Å²) in [4.78, 5) is 23.3. The third-order valence-electron chi connectivity index (χ3n) is 2.13. The van der Waals surface area contributed by atoms with Gasteiger partial charge in [-0.15, -0.1) is 0 Å². The standard InChI is InChI=1S/C10H19NO4S/c1-4-5-6-16-7-8(9(12)13)11(2)10(14)15-3/h8H,4-7H2,1-3H3,(H,12,13)/t8-/m1/s1. The van der Waals surface area contributed by atoms with E-state index in [1.165, 1.54) is 14.2 Å². The van der Waals surface area contributed by atoms with Gasteiger partial charge in [0.2, 0.25) is 0 Å². The van der Waals surface area contributed by atoms with Crippen LogP contribution < -0.4 is 0 Å². The maximum Gasteiger partial charge on any atom is 0.409 e. The minimum absolute atomic E-state index is 0.390. The van der Waals surface area contributed by atoms with E-state index in [0.29, 0.717) is 5.75 Å². The topological polar surface area (TPSA) is 66.8 Å². The Hall–Kier alpha value is -0.910. The molecule has 0 aromatic heterocycles. The second kappa shape index (κ2) is 8.27. The van der Waals surface area contributed by atoms with Crippen molar-refractivity contribution in [3.05, 3.63) is 0 Å². The van der Waals surface area contributed by atoms with E-state index in [1.807, 2.05) is 0 Å². The number of carbonyl (C=O) groups is 2. The summed E-state index contributed by atoms with van der Waals surface area (Å²) in [6, 6.07) is -0.825. The number of rotatable bonds is 7. The van der Waals surface area contributed by atoms with E-state index in [4.69, 9.17) is 5.11 Å². The number of carboxylic acids is 1. The highest BCUT2D eigenvalue weighted by Gasteiger charge is 2.26. The number of likely N-dealkylation sites (N-methyl/N-ethyl adjacent to an activating group) is 1. The number of methoxy groups -OCH3 is 1. The number of amides is 1. The summed E-state index contributed by atoms with van der Waals surface area (Å²) < 4.78 is 4.48. The molecule has 0 aromatic rings. The molecule has 0 spiro atoms. The maximum absolute atomic E-state index is 11.2. The van der Waals surface area contributed by atoms with Gasteiger partial charge in [-0.1, -0.05) is 13.3 Å².